The minimum Gasteiger partial charge on any atom is -0.463 e. The number of hydrogen-bond acceptors (Lipinski definition) is 4. The Morgan fingerprint density at radius 2 is 1.78 bits per heavy atom. The lowest BCUT2D eigenvalue weighted by atomic mass is 9.90. The van der Waals surface area contributed by atoms with E-state index in [-0.39, 0.29) is 23.9 Å². The first-order chi connectivity index (χ1) is 13.0. The number of carbonyl (C=O) groups is 1. The minimum atomic E-state index is -0.380. The number of amidine groups is 1. The molecule has 0 spiro atoms. The number of urea groups is 1. The van der Waals surface area contributed by atoms with Crippen LogP contribution in [0.5, 0.6) is 0 Å². The topological polar surface area (TPSA) is 88.7 Å². The SMILES string of the molecule is CCC(CC1COC(N)=N1)c1ccc(NC(=O)Nc2ccc(F)cc2)cc1. The fraction of sp³-hybridized carbons (Fsp3) is 0.300. The van der Waals surface area contributed by atoms with E-state index in [1.807, 2.05) is 24.3 Å². The van der Waals surface area contributed by atoms with Gasteiger partial charge in [0.25, 0.3) is 6.02 Å². The van der Waals surface area contributed by atoms with Gasteiger partial charge in [0.2, 0.25) is 0 Å². The normalized spacial score (nSPS) is 17.0. The second kappa shape index (κ2) is 8.53. The summed E-state index contributed by atoms with van der Waals surface area (Å²) in [5, 5.41) is 5.43. The Morgan fingerprint density at radius 3 is 2.30 bits per heavy atom. The van der Waals surface area contributed by atoms with Crippen LogP contribution in [0.25, 0.3) is 0 Å². The van der Waals surface area contributed by atoms with Crippen molar-refractivity contribution in [3.05, 3.63) is 59.9 Å². The van der Waals surface area contributed by atoms with E-state index in [4.69, 9.17) is 10.5 Å². The summed E-state index contributed by atoms with van der Waals surface area (Å²) in [5.41, 5.74) is 7.96. The van der Waals surface area contributed by atoms with Crippen LogP contribution in [-0.4, -0.2) is 24.7 Å². The number of nitrogens with two attached hydrogens (primary N) is 1. The van der Waals surface area contributed by atoms with Crippen molar-refractivity contribution in [1.82, 2.24) is 0 Å². The van der Waals surface area contributed by atoms with Crippen molar-refractivity contribution in [2.24, 2.45) is 10.7 Å². The molecule has 0 bridgehead atoms. The third-order valence-electron chi connectivity index (χ3n) is 4.52. The number of carbonyl (C=O) groups excluding carboxylic acids is 1. The van der Waals surface area contributed by atoms with E-state index >= 15 is 0 Å². The van der Waals surface area contributed by atoms with Crippen LogP contribution in [0.2, 0.25) is 0 Å². The van der Waals surface area contributed by atoms with Gasteiger partial charge in [-0.1, -0.05) is 19.1 Å². The van der Waals surface area contributed by atoms with Gasteiger partial charge < -0.3 is 21.1 Å². The predicted octanol–water partition coefficient (Wildman–Crippen LogP) is 4.07. The lowest BCUT2D eigenvalue weighted by Gasteiger charge is -2.18. The van der Waals surface area contributed by atoms with Gasteiger partial charge in [-0.2, -0.15) is 0 Å². The molecule has 3 rings (SSSR count). The number of rotatable bonds is 6. The minimum absolute atomic E-state index is 0.0919. The monoisotopic (exact) mass is 370 g/mol. The highest BCUT2D eigenvalue weighted by Gasteiger charge is 2.21. The average molecular weight is 370 g/mol. The largest absolute Gasteiger partial charge is 0.463 e. The summed E-state index contributed by atoms with van der Waals surface area (Å²) in [6.45, 7) is 2.67. The summed E-state index contributed by atoms with van der Waals surface area (Å²) < 4.78 is 18.1. The van der Waals surface area contributed by atoms with Gasteiger partial charge in [-0.05, 0) is 60.7 Å². The zero-order valence-electron chi connectivity index (χ0n) is 15.1. The van der Waals surface area contributed by atoms with Crippen molar-refractivity contribution in [1.29, 1.82) is 0 Å². The molecule has 2 amide bonds. The number of amides is 2. The first-order valence-electron chi connectivity index (χ1n) is 8.93. The highest BCUT2D eigenvalue weighted by molar-refractivity contribution is 5.99. The Bertz CT molecular complexity index is 806. The molecule has 142 valence electrons. The van der Waals surface area contributed by atoms with Gasteiger partial charge in [0, 0.05) is 11.4 Å². The third kappa shape index (κ3) is 5.20. The molecule has 1 heterocycles. The van der Waals surface area contributed by atoms with E-state index in [2.05, 4.69) is 22.5 Å². The first-order valence-corrected chi connectivity index (χ1v) is 8.93. The number of hydrogen-bond donors (Lipinski definition) is 3. The summed E-state index contributed by atoms with van der Waals surface area (Å²) in [6.07, 6.45) is 1.85. The Morgan fingerprint density at radius 1 is 1.19 bits per heavy atom. The summed E-state index contributed by atoms with van der Waals surface area (Å²) in [7, 11) is 0. The molecule has 4 N–H and O–H groups in total. The number of aliphatic imine (C=N–C) groups is 1. The van der Waals surface area contributed by atoms with E-state index in [0.717, 1.165) is 12.8 Å². The number of nitrogens with zero attached hydrogens (tertiary/aromatic N) is 1. The molecular weight excluding hydrogens is 347 g/mol. The average Bonchev–Trinajstić information content (AvgIpc) is 3.07. The molecule has 2 aromatic carbocycles. The van der Waals surface area contributed by atoms with Crippen molar-refractivity contribution in [3.8, 4) is 0 Å². The molecule has 1 aliphatic rings. The molecule has 7 heteroatoms. The summed E-state index contributed by atoms with van der Waals surface area (Å²) in [5.74, 6) is -0.00471. The number of halogens is 1. The van der Waals surface area contributed by atoms with E-state index in [1.165, 1.54) is 29.8 Å². The quantitative estimate of drug-likeness (QED) is 0.716. The van der Waals surface area contributed by atoms with Gasteiger partial charge >= 0.3 is 6.03 Å². The van der Waals surface area contributed by atoms with Gasteiger partial charge in [-0.3, -0.25) is 0 Å². The lowest BCUT2D eigenvalue weighted by Crippen LogP contribution is -2.19. The molecule has 1 aliphatic heterocycles. The molecule has 6 nitrogen and oxygen atoms in total. The summed E-state index contributed by atoms with van der Waals surface area (Å²) in [4.78, 5) is 16.3. The highest BCUT2D eigenvalue weighted by atomic mass is 19.1. The number of anilines is 2. The zero-order chi connectivity index (χ0) is 19.2. The molecule has 0 aliphatic carbocycles. The Balaban J connectivity index is 1.57. The van der Waals surface area contributed by atoms with Crippen LogP contribution in [-0.2, 0) is 4.74 Å². The fourth-order valence-corrected chi connectivity index (χ4v) is 3.09. The van der Waals surface area contributed by atoms with Gasteiger partial charge in [0.1, 0.15) is 12.4 Å². The molecule has 2 atom stereocenters. The maximum atomic E-state index is 12.9. The highest BCUT2D eigenvalue weighted by Crippen LogP contribution is 2.28. The van der Waals surface area contributed by atoms with Crippen molar-refractivity contribution < 1.29 is 13.9 Å². The van der Waals surface area contributed by atoms with Crippen LogP contribution in [0.15, 0.2) is 53.5 Å². The third-order valence-corrected chi connectivity index (χ3v) is 4.52. The number of benzene rings is 2. The number of ether oxygens (including phenoxy) is 1. The fourth-order valence-electron chi connectivity index (χ4n) is 3.09. The first kappa shape index (κ1) is 18.7. The van der Waals surface area contributed by atoms with Crippen molar-refractivity contribution in [2.45, 2.75) is 31.7 Å². The summed E-state index contributed by atoms with van der Waals surface area (Å²) >= 11 is 0. The molecule has 2 aromatic rings. The van der Waals surface area contributed by atoms with Crippen LogP contribution in [0.3, 0.4) is 0 Å². The van der Waals surface area contributed by atoms with E-state index in [9.17, 15) is 9.18 Å². The van der Waals surface area contributed by atoms with Gasteiger partial charge in [-0.25, -0.2) is 14.2 Å². The molecule has 0 fully saturated rings. The molecule has 27 heavy (non-hydrogen) atoms. The maximum absolute atomic E-state index is 12.9. The smallest absolute Gasteiger partial charge is 0.323 e. The van der Waals surface area contributed by atoms with Crippen LogP contribution in [0.1, 0.15) is 31.2 Å². The zero-order valence-corrected chi connectivity index (χ0v) is 15.1. The van der Waals surface area contributed by atoms with Crippen LogP contribution < -0.4 is 16.4 Å². The Hall–Kier alpha value is -3.09. The molecule has 0 radical (unpaired) electrons. The molecule has 0 aromatic heterocycles. The van der Waals surface area contributed by atoms with Crippen molar-refractivity contribution >= 4 is 23.4 Å². The Kier molecular flexibility index (Phi) is 5.90. The second-order valence-corrected chi connectivity index (χ2v) is 6.48. The number of nitrogens with one attached hydrogen (secondary N) is 2. The predicted molar refractivity (Wildman–Crippen MR) is 104 cm³/mol. The lowest BCUT2D eigenvalue weighted by molar-refractivity contribution is 0.262. The standard InChI is InChI=1S/C20H23FN4O2/c1-2-13(11-18-12-27-19(22)23-18)14-3-7-16(8-4-14)24-20(26)25-17-9-5-15(21)6-10-17/h3-10,13,18H,2,11-12H2,1H3,(H2,22,23)(H2,24,25,26). The van der Waals surface area contributed by atoms with Gasteiger partial charge in [0.15, 0.2) is 0 Å². The van der Waals surface area contributed by atoms with Gasteiger partial charge in [-0.15, -0.1) is 0 Å². The second-order valence-electron chi connectivity index (χ2n) is 6.48. The molecule has 2 unspecified atom stereocenters. The van der Waals surface area contributed by atoms with Crippen LogP contribution in [0, 0.1) is 5.82 Å². The molecule has 0 saturated carbocycles. The van der Waals surface area contributed by atoms with Crippen molar-refractivity contribution in [2.75, 3.05) is 17.2 Å². The maximum Gasteiger partial charge on any atom is 0.323 e. The van der Waals surface area contributed by atoms with Gasteiger partial charge in [0.05, 0.1) is 6.04 Å². The molecular formula is C20H23FN4O2. The van der Waals surface area contributed by atoms with E-state index in [1.54, 1.807) is 0 Å². The van der Waals surface area contributed by atoms with Crippen LogP contribution >= 0.6 is 0 Å². The van der Waals surface area contributed by atoms with E-state index in [0.29, 0.717) is 23.9 Å². The summed E-state index contributed by atoms with van der Waals surface area (Å²) in [6, 6.07) is 13.3. The van der Waals surface area contributed by atoms with Crippen molar-refractivity contribution in [3.63, 3.8) is 0 Å². The Labute approximate surface area is 157 Å². The molecule has 0 saturated heterocycles. The van der Waals surface area contributed by atoms with Crippen LogP contribution in [0.4, 0.5) is 20.6 Å². The van der Waals surface area contributed by atoms with E-state index < -0.39 is 0 Å².